The van der Waals surface area contributed by atoms with Gasteiger partial charge in [0.2, 0.25) is 0 Å². The summed E-state index contributed by atoms with van der Waals surface area (Å²) in [5.74, 6) is 4.67. The van der Waals surface area contributed by atoms with Gasteiger partial charge in [-0.15, -0.1) is 5.92 Å². The van der Waals surface area contributed by atoms with Gasteiger partial charge in [0.15, 0.2) is 5.60 Å². The number of hydrogen-bond donors (Lipinski definition) is 0. The van der Waals surface area contributed by atoms with Crippen molar-refractivity contribution < 1.29 is 13.9 Å². The van der Waals surface area contributed by atoms with Crippen LogP contribution in [0, 0.1) is 17.7 Å². The molecule has 0 saturated heterocycles. The summed E-state index contributed by atoms with van der Waals surface area (Å²) in [6.07, 6.45) is 0. The molecule has 0 saturated carbocycles. The maximum absolute atomic E-state index is 12.9. The van der Waals surface area contributed by atoms with E-state index < -0.39 is 11.6 Å². The molecule has 0 spiro atoms. The van der Waals surface area contributed by atoms with E-state index in [2.05, 4.69) is 18.4 Å². The summed E-state index contributed by atoms with van der Waals surface area (Å²) in [6.45, 7) is 8.40. The number of benzene rings is 1. The first-order chi connectivity index (χ1) is 8.39. The van der Waals surface area contributed by atoms with E-state index >= 15 is 0 Å². The summed E-state index contributed by atoms with van der Waals surface area (Å²) < 4.78 is 18.2. The fourth-order valence-corrected chi connectivity index (χ4v) is 1.44. The first kappa shape index (κ1) is 14.0. The van der Waals surface area contributed by atoms with Gasteiger partial charge in [0.25, 0.3) is 0 Å². The highest BCUT2D eigenvalue weighted by molar-refractivity contribution is 5.87. The highest BCUT2D eigenvalue weighted by Gasteiger charge is 2.29. The molecule has 18 heavy (non-hydrogen) atoms. The summed E-state index contributed by atoms with van der Waals surface area (Å²) in [4.78, 5) is 11.6. The fraction of sp³-hybridized carbons (Fsp3) is 0.267. The summed E-state index contributed by atoms with van der Waals surface area (Å²) in [7, 11) is 0. The Labute approximate surface area is 106 Å². The fourth-order valence-electron chi connectivity index (χ4n) is 1.44. The third-order valence-corrected chi connectivity index (χ3v) is 2.40. The first-order valence-electron chi connectivity index (χ1n) is 5.48. The van der Waals surface area contributed by atoms with Crippen LogP contribution in [0.15, 0.2) is 36.4 Å². The van der Waals surface area contributed by atoms with Gasteiger partial charge in [-0.05, 0) is 32.9 Å². The van der Waals surface area contributed by atoms with E-state index in [0.717, 1.165) is 0 Å². The molecule has 1 atom stereocenters. The quantitative estimate of drug-likeness (QED) is 0.465. The molecule has 0 N–H and O–H groups in total. The standard InChI is InChI=1S/C15H15FO2/c1-5-10-15(4,18-14(17)11(2)3)12-6-8-13(16)9-7-12/h6-9H,2H2,1,3-4H3. The van der Waals surface area contributed by atoms with Crippen molar-refractivity contribution in [2.45, 2.75) is 26.4 Å². The van der Waals surface area contributed by atoms with Crippen LogP contribution >= 0.6 is 0 Å². The van der Waals surface area contributed by atoms with Gasteiger partial charge in [-0.3, -0.25) is 0 Å². The summed E-state index contributed by atoms with van der Waals surface area (Å²) in [5.41, 5.74) is -0.188. The minimum atomic E-state index is -1.10. The molecular formula is C15H15FO2. The Hall–Kier alpha value is -2.08. The number of carbonyl (C=O) groups excluding carboxylic acids is 1. The predicted molar refractivity (Wildman–Crippen MR) is 68.1 cm³/mol. The van der Waals surface area contributed by atoms with Crippen LogP contribution in [0.4, 0.5) is 4.39 Å². The minimum absolute atomic E-state index is 0.293. The highest BCUT2D eigenvalue weighted by Crippen LogP contribution is 2.26. The number of ether oxygens (including phenoxy) is 1. The minimum Gasteiger partial charge on any atom is -0.438 e. The maximum Gasteiger partial charge on any atom is 0.334 e. The molecule has 3 heteroatoms. The summed E-state index contributed by atoms with van der Waals surface area (Å²) >= 11 is 0. The molecule has 1 aromatic carbocycles. The molecule has 1 aromatic rings. The van der Waals surface area contributed by atoms with Crippen molar-refractivity contribution in [2.75, 3.05) is 0 Å². The van der Waals surface area contributed by atoms with Crippen LogP contribution in [0.1, 0.15) is 26.3 Å². The molecule has 94 valence electrons. The van der Waals surface area contributed by atoms with Crippen LogP contribution in [0.2, 0.25) is 0 Å². The molecule has 0 aliphatic carbocycles. The molecular weight excluding hydrogens is 231 g/mol. The Bertz CT molecular complexity index is 520. The number of halogens is 1. The van der Waals surface area contributed by atoms with E-state index in [-0.39, 0.29) is 5.82 Å². The van der Waals surface area contributed by atoms with E-state index in [1.165, 1.54) is 12.1 Å². The van der Waals surface area contributed by atoms with Crippen LogP contribution in [-0.4, -0.2) is 5.97 Å². The zero-order valence-electron chi connectivity index (χ0n) is 10.7. The molecule has 1 unspecified atom stereocenters. The molecule has 0 bridgehead atoms. The Morgan fingerprint density at radius 1 is 1.39 bits per heavy atom. The van der Waals surface area contributed by atoms with E-state index in [1.807, 2.05) is 0 Å². The van der Waals surface area contributed by atoms with Crippen LogP contribution in [0.25, 0.3) is 0 Å². The van der Waals surface area contributed by atoms with Gasteiger partial charge in [-0.25, -0.2) is 9.18 Å². The van der Waals surface area contributed by atoms with Crippen LogP contribution < -0.4 is 0 Å². The third-order valence-electron chi connectivity index (χ3n) is 2.40. The Morgan fingerprint density at radius 3 is 2.39 bits per heavy atom. The predicted octanol–water partition coefficient (Wildman–Crippen LogP) is 3.18. The van der Waals surface area contributed by atoms with Crippen LogP contribution in [0.5, 0.6) is 0 Å². The number of hydrogen-bond acceptors (Lipinski definition) is 2. The lowest BCUT2D eigenvalue weighted by molar-refractivity contribution is -0.148. The van der Waals surface area contributed by atoms with E-state index in [1.54, 1.807) is 32.9 Å². The Kier molecular flexibility index (Phi) is 4.28. The van der Waals surface area contributed by atoms with Crippen molar-refractivity contribution in [3.8, 4) is 11.8 Å². The molecule has 0 heterocycles. The van der Waals surface area contributed by atoms with E-state index in [0.29, 0.717) is 11.1 Å². The van der Waals surface area contributed by atoms with Crippen LogP contribution in [0.3, 0.4) is 0 Å². The molecule has 0 fully saturated rings. The molecule has 0 amide bonds. The number of rotatable bonds is 3. The lowest BCUT2D eigenvalue weighted by atomic mass is 9.96. The Balaban J connectivity index is 3.13. The molecule has 1 rings (SSSR count). The van der Waals surface area contributed by atoms with Crippen molar-refractivity contribution in [1.82, 2.24) is 0 Å². The monoisotopic (exact) mass is 246 g/mol. The van der Waals surface area contributed by atoms with Crippen molar-refractivity contribution in [3.05, 3.63) is 47.8 Å². The zero-order chi connectivity index (χ0) is 13.8. The van der Waals surface area contributed by atoms with Crippen molar-refractivity contribution in [3.63, 3.8) is 0 Å². The van der Waals surface area contributed by atoms with E-state index in [4.69, 9.17) is 4.74 Å². The summed E-state index contributed by atoms with van der Waals surface area (Å²) in [5, 5.41) is 0. The highest BCUT2D eigenvalue weighted by atomic mass is 19.1. The molecule has 0 aliphatic rings. The van der Waals surface area contributed by atoms with Gasteiger partial charge in [-0.1, -0.05) is 24.6 Å². The lowest BCUT2D eigenvalue weighted by Gasteiger charge is -2.24. The van der Waals surface area contributed by atoms with Crippen molar-refractivity contribution >= 4 is 5.97 Å². The van der Waals surface area contributed by atoms with Gasteiger partial charge in [0.05, 0.1) is 0 Å². The second-order valence-electron chi connectivity index (χ2n) is 4.08. The number of carbonyl (C=O) groups is 1. The second kappa shape index (κ2) is 5.50. The van der Waals surface area contributed by atoms with Crippen molar-refractivity contribution in [1.29, 1.82) is 0 Å². The average Bonchev–Trinajstić information content (AvgIpc) is 2.29. The largest absolute Gasteiger partial charge is 0.438 e. The maximum atomic E-state index is 12.9. The van der Waals surface area contributed by atoms with Gasteiger partial charge in [-0.2, -0.15) is 0 Å². The Morgan fingerprint density at radius 2 is 1.94 bits per heavy atom. The molecule has 0 radical (unpaired) electrons. The van der Waals surface area contributed by atoms with Crippen molar-refractivity contribution in [2.24, 2.45) is 0 Å². The van der Waals surface area contributed by atoms with E-state index in [9.17, 15) is 9.18 Å². The van der Waals surface area contributed by atoms with Gasteiger partial charge in [0.1, 0.15) is 5.82 Å². The van der Waals surface area contributed by atoms with Gasteiger partial charge >= 0.3 is 5.97 Å². The first-order valence-corrected chi connectivity index (χ1v) is 5.48. The topological polar surface area (TPSA) is 26.3 Å². The SMILES string of the molecule is C=C(C)C(=O)OC(C)(C#CC)c1ccc(F)cc1. The zero-order valence-corrected chi connectivity index (χ0v) is 10.7. The summed E-state index contributed by atoms with van der Waals surface area (Å²) in [6, 6.07) is 5.70. The third kappa shape index (κ3) is 3.21. The lowest BCUT2D eigenvalue weighted by Crippen LogP contribution is -2.28. The van der Waals surface area contributed by atoms with Crippen LogP contribution in [-0.2, 0) is 15.1 Å². The smallest absolute Gasteiger partial charge is 0.334 e. The average molecular weight is 246 g/mol. The molecule has 2 nitrogen and oxygen atoms in total. The molecule has 0 aromatic heterocycles. The second-order valence-corrected chi connectivity index (χ2v) is 4.08. The normalized spacial score (nSPS) is 12.9. The van der Waals surface area contributed by atoms with Gasteiger partial charge in [0, 0.05) is 11.1 Å². The molecule has 0 aliphatic heterocycles. The van der Waals surface area contributed by atoms with Gasteiger partial charge < -0.3 is 4.74 Å². The number of esters is 1.